The summed E-state index contributed by atoms with van der Waals surface area (Å²) in [6, 6.07) is 2.91. The van der Waals surface area contributed by atoms with Gasteiger partial charge in [0.05, 0.1) is 6.04 Å². The number of benzene rings is 1. The van der Waals surface area contributed by atoms with Gasteiger partial charge in [0.2, 0.25) is 5.91 Å². The fourth-order valence-corrected chi connectivity index (χ4v) is 0.841. The summed E-state index contributed by atoms with van der Waals surface area (Å²) in [5.74, 6) is -1.65. The van der Waals surface area contributed by atoms with Gasteiger partial charge < -0.3 is 16.2 Å². The Morgan fingerprint density at radius 3 is 2.79 bits per heavy atom. The number of carbonyl (C=O) groups excluding carboxylic acids is 1. The Morgan fingerprint density at radius 2 is 2.29 bits per heavy atom. The Labute approximate surface area is 80.5 Å². The van der Waals surface area contributed by atoms with Gasteiger partial charge in [-0.05, 0) is 19.1 Å². The van der Waals surface area contributed by atoms with E-state index in [0.717, 1.165) is 12.1 Å². The van der Waals surface area contributed by atoms with Gasteiger partial charge in [-0.1, -0.05) is 0 Å². The average Bonchev–Trinajstić information content (AvgIpc) is 2.11. The predicted molar refractivity (Wildman–Crippen MR) is 50.3 cm³/mol. The van der Waals surface area contributed by atoms with Crippen LogP contribution in [0.15, 0.2) is 18.2 Å². The summed E-state index contributed by atoms with van der Waals surface area (Å²) in [6.45, 7) is 1.52. The molecule has 0 bridgehead atoms. The van der Waals surface area contributed by atoms with Crippen molar-refractivity contribution in [2.75, 3.05) is 5.32 Å². The zero-order valence-corrected chi connectivity index (χ0v) is 7.62. The molecule has 0 aliphatic rings. The van der Waals surface area contributed by atoms with E-state index in [1.807, 2.05) is 0 Å². The molecule has 0 spiro atoms. The zero-order valence-electron chi connectivity index (χ0n) is 7.62. The Morgan fingerprint density at radius 1 is 1.64 bits per heavy atom. The van der Waals surface area contributed by atoms with Crippen molar-refractivity contribution in [3.63, 3.8) is 0 Å². The summed E-state index contributed by atoms with van der Waals surface area (Å²) >= 11 is 0. The van der Waals surface area contributed by atoms with Gasteiger partial charge in [0.25, 0.3) is 0 Å². The first-order valence-corrected chi connectivity index (χ1v) is 4.05. The van der Waals surface area contributed by atoms with Crippen LogP contribution < -0.4 is 11.1 Å². The Hall–Kier alpha value is -1.62. The number of hydrogen-bond acceptors (Lipinski definition) is 3. The minimum Gasteiger partial charge on any atom is -0.505 e. The molecular formula is C9H11FN2O2. The molecule has 1 rings (SSSR count). The summed E-state index contributed by atoms with van der Waals surface area (Å²) in [6.07, 6.45) is 0. The van der Waals surface area contributed by atoms with Crippen molar-refractivity contribution in [2.24, 2.45) is 5.73 Å². The number of rotatable bonds is 2. The van der Waals surface area contributed by atoms with Crippen LogP contribution in [0, 0.1) is 5.82 Å². The molecule has 1 amide bonds. The van der Waals surface area contributed by atoms with E-state index in [1.165, 1.54) is 13.0 Å². The number of carbonyl (C=O) groups is 1. The quantitative estimate of drug-likeness (QED) is 0.616. The Balaban J connectivity index is 2.78. The highest BCUT2D eigenvalue weighted by atomic mass is 19.1. The van der Waals surface area contributed by atoms with Crippen molar-refractivity contribution in [2.45, 2.75) is 13.0 Å². The summed E-state index contributed by atoms with van der Waals surface area (Å²) in [4.78, 5) is 11.1. The van der Waals surface area contributed by atoms with E-state index in [4.69, 9.17) is 10.8 Å². The lowest BCUT2D eigenvalue weighted by atomic mass is 10.2. The van der Waals surface area contributed by atoms with Gasteiger partial charge in [-0.3, -0.25) is 4.79 Å². The molecular weight excluding hydrogens is 187 g/mol. The minimum absolute atomic E-state index is 0.266. The molecule has 0 aliphatic carbocycles. The Bertz CT molecular complexity index is 353. The molecule has 1 aromatic rings. The first kappa shape index (κ1) is 10.5. The number of anilines is 1. The third kappa shape index (κ3) is 2.43. The van der Waals surface area contributed by atoms with Gasteiger partial charge in [0, 0.05) is 11.8 Å². The largest absolute Gasteiger partial charge is 0.505 e. The molecule has 4 N–H and O–H groups in total. The van der Waals surface area contributed by atoms with Gasteiger partial charge in [-0.2, -0.15) is 0 Å². The molecule has 0 unspecified atom stereocenters. The molecule has 0 radical (unpaired) electrons. The maximum Gasteiger partial charge on any atom is 0.241 e. The summed E-state index contributed by atoms with van der Waals surface area (Å²) in [5.41, 5.74) is 5.56. The first-order chi connectivity index (χ1) is 6.50. The fraction of sp³-hybridized carbons (Fsp3) is 0.222. The predicted octanol–water partition coefficient (Wildman–Crippen LogP) is 0.817. The molecule has 4 nitrogen and oxygen atoms in total. The monoisotopic (exact) mass is 198 g/mol. The lowest BCUT2D eigenvalue weighted by Crippen LogP contribution is -2.32. The van der Waals surface area contributed by atoms with Crippen LogP contribution in [-0.2, 0) is 4.79 Å². The van der Waals surface area contributed by atoms with Gasteiger partial charge in [-0.15, -0.1) is 0 Å². The molecule has 0 aromatic heterocycles. The third-order valence-corrected chi connectivity index (χ3v) is 1.63. The molecule has 1 aromatic carbocycles. The van der Waals surface area contributed by atoms with E-state index >= 15 is 0 Å². The van der Waals surface area contributed by atoms with Crippen LogP contribution in [0.5, 0.6) is 5.75 Å². The van der Waals surface area contributed by atoms with Gasteiger partial charge in [0.1, 0.15) is 0 Å². The van der Waals surface area contributed by atoms with Crippen molar-refractivity contribution in [3.05, 3.63) is 24.0 Å². The van der Waals surface area contributed by atoms with Crippen LogP contribution >= 0.6 is 0 Å². The van der Waals surface area contributed by atoms with E-state index in [-0.39, 0.29) is 5.69 Å². The number of nitrogens with one attached hydrogen (secondary N) is 1. The third-order valence-electron chi connectivity index (χ3n) is 1.63. The molecule has 0 heterocycles. The number of nitrogens with two attached hydrogens (primary N) is 1. The van der Waals surface area contributed by atoms with Crippen LogP contribution in [0.3, 0.4) is 0 Å². The normalized spacial score (nSPS) is 12.2. The highest BCUT2D eigenvalue weighted by molar-refractivity contribution is 5.94. The van der Waals surface area contributed by atoms with E-state index in [1.54, 1.807) is 0 Å². The Kier molecular flexibility index (Phi) is 3.03. The van der Waals surface area contributed by atoms with Crippen molar-refractivity contribution < 1.29 is 14.3 Å². The molecule has 14 heavy (non-hydrogen) atoms. The number of hydrogen-bond donors (Lipinski definition) is 3. The lowest BCUT2D eigenvalue weighted by Gasteiger charge is -2.07. The molecule has 0 fully saturated rings. The SMILES string of the molecule is C[C@@H](N)C(=O)Nc1ccc(O)c(F)c1. The summed E-state index contributed by atoms with van der Waals surface area (Å²) < 4.78 is 12.8. The van der Waals surface area contributed by atoms with Crippen LogP contribution in [0.1, 0.15) is 6.92 Å². The topological polar surface area (TPSA) is 75.4 Å². The van der Waals surface area contributed by atoms with Crippen LogP contribution in [0.4, 0.5) is 10.1 Å². The number of phenols is 1. The molecule has 0 saturated heterocycles. The van der Waals surface area contributed by atoms with Gasteiger partial charge in [-0.25, -0.2) is 4.39 Å². The first-order valence-electron chi connectivity index (χ1n) is 4.05. The number of phenolic OH excluding ortho intramolecular Hbond substituents is 1. The fourth-order valence-electron chi connectivity index (χ4n) is 0.841. The van der Waals surface area contributed by atoms with Crippen molar-refractivity contribution in [1.29, 1.82) is 0 Å². The molecule has 1 atom stereocenters. The second-order valence-corrected chi connectivity index (χ2v) is 2.94. The highest BCUT2D eigenvalue weighted by Gasteiger charge is 2.08. The average molecular weight is 198 g/mol. The van der Waals surface area contributed by atoms with E-state index in [0.29, 0.717) is 0 Å². The van der Waals surface area contributed by atoms with E-state index < -0.39 is 23.5 Å². The summed E-state index contributed by atoms with van der Waals surface area (Å²) in [5, 5.41) is 11.3. The lowest BCUT2D eigenvalue weighted by molar-refractivity contribution is -0.117. The maximum absolute atomic E-state index is 12.8. The van der Waals surface area contributed by atoms with Crippen molar-refractivity contribution in [3.8, 4) is 5.75 Å². The number of amides is 1. The second-order valence-electron chi connectivity index (χ2n) is 2.94. The number of aromatic hydroxyl groups is 1. The molecule has 0 aliphatic heterocycles. The second kappa shape index (κ2) is 4.06. The van der Waals surface area contributed by atoms with Crippen molar-refractivity contribution in [1.82, 2.24) is 0 Å². The summed E-state index contributed by atoms with van der Waals surface area (Å²) in [7, 11) is 0. The van der Waals surface area contributed by atoms with Crippen molar-refractivity contribution >= 4 is 11.6 Å². The smallest absolute Gasteiger partial charge is 0.241 e. The zero-order chi connectivity index (χ0) is 10.7. The molecule has 5 heteroatoms. The van der Waals surface area contributed by atoms with Crippen LogP contribution in [0.25, 0.3) is 0 Å². The van der Waals surface area contributed by atoms with Gasteiger partial charge >= 0.3 is 0 Å². The highest BCUT2D eigenvalue weighted by Crippen LogP contribution is 2.19. The van der Waals surface area contributed by atoms with E-state index in [2.05, 4.69) is 5.32 Å². The van der Waals surface area contributed by atoms with Crippen LogP contribution in [-0.4, -0.2) is 17.1 Å². The molecule has 76 valence electrons. The van der Waals surface area contributed by atoms with Crippen LogP contribution in [0.2, 0.25) is 0 Å². The van der Waals surface area contributed by atoms with Gasteiger partial charge in [0.15, 0.2) is 11.6 Å². The maximum atomic E-state index is 12.8. The minimum atomic E-state index is -0.785. The molecule has 0 saturated carbocycles. The van der Waals surface area contributed by atoms with E-state index in [9.17, 15) is 9.18 Å². The standard InChI is InChI=1S/C9H11FN2O2/c1-5(11)9(14)12-6-2-3-8(13)7(10)4-6/h2-5,13H,11H2,1H3,(H,12,14)/t5-/m1/s1. The number of halogens is 1.